The molecule has 0 unspecified atom stereocenters. The molecule has 1 radical (unpaired) electrons. The summed E-state index contributed by atoms with van der Waals surface area (Å²) in [6.45, 7) is 5.12. The number of carbonyl (C=O) groups excluding carboxylic acids is 1. The van der Waals surface area contributed by atoms with Crippen molar-refractivity contribution in [3.63, 3.8) is 0 Å². The molecule has 0 saturated carbocycles. The number of rotatable bonds is 2. The van der Waals surface area contributed by atoms with Crippen LogP contribution in [-0.4, -0.2) is 5.97 Å². The number of hydrogen-bond acceptors (Lipinski definition) is 2. The maximum Gasteiger partial charge on any atom is 0.308 e. The lowest BCUT2D eigenvalue weighted by atomic mass is 10.2. The lowest BCUT2D eigenvalue weighted by molar-refractivity contribution is -0.131. The molecule has 0 aromatic heterocycles. The summed E-state index contributed by atoms with van der Waals surface area (Å²) in [5, 5.41) is 0. The summed E-state index contributed by atoms with van der Waals surface area (Å²) < 4.78 is 4.89. The van der Waals surface area contributed by atoms with Crippen LogP contribution >= 0.6 is 0 Å². The Morgan fingerprint density at radius 1 is 1.58 bits per heavy atom. The van der Waals surface area contributed by atoms with Crippen molar-refractivity contribution in [3.8, 4) is 5.75 Å². The second-order valence-corrected chi connectivity index (χ2v) is 2.49. The van der Waals surface area contributed by atoms with Gasteiger partial charge < -0.3 is 4.74 Å². The van der Waals surface area contributed by atoms with E-state index in [9.17, 15) is 4.79 Å². The Morgan fingerprint density at radius 2 is 2.33 bits per heavy atom. The zero-order valence-corrected chi connectivity index (χ0v) is 7.04. The van der Waals surface area contributed by atoms with E-state index in [1.807, 2.05) is 18.2 Å². The first-order valence-corrected chi connectivity index (χ1v) is 3.79. The Balaban J connectivity index is 2.79. The predicted octanol–water partition coefficient (Wildman–Crippen LogP) is 1.99. The summed E-state index contributed by atoms with van der Waals surface area (Å²) in [4.78, 5) is 10.6. The van der Waals surface area contributed by atoms with Gasteiger partial charge in [-0.15, -0.1) is 0 Å². The largest absolute Gasteiger partial charge is 0.427 e. The minimum absolute atomic E-state index is 0.295. The lowest BCUT2D eigenvalue weighted by Crippen LogP contribution is -2.01. The molecule has 1 aromatic rings. The van der Waals surface area contributed by atoms with Crippen molar-refractivity contribution in [1.29, 1.82) is 0 Å². The maximum absolute atomic E-state index is 10.6. The topological polar surface area (TPSA) is 26.3 Å². The quantitative estimate of drug-likeness (QED) is 0.492. The molecule has 0 atom stereocenters. The summed E-state index contributed by atoms with van der Waals surface area (Å²) in [7, 11) is 0. The predicted molar refractivity (Wildman–Crippen MR) is 46.8 cm³/mol. The smallest absolute Gasteiger partial charge is 0.308 e. The van der Waals surface area contributed by atoms with E-state index in [-0.39, 0.29) is 5.97 Å². The third-order valence-electron chi connectivity index (χ3n) is 1.45. The summed E-state index contributed by atoms with van der Waals surface area (Å²) >= 11 is 0. The van der Waals surface area contributed by atoms with Crippen LogP contribution in [0.2, 0.25) is 0 Å². The zero-order valence-electron chi connectivity index (χ0n) is 7.04. The molecule has 0 aliphatic heterocycles. The Hall–Kier alpha value is -1.31. The van der Waals surface area contributed by atoms with Gasteiger partial charge in [0.1, 0.15) is 5.75 Å². The Kier molecular flexibility index (Phi) is 2.86. The van der Waals surface area contributed by atoms with Crippen LogP contribution in [0.4, 0.5) is 0 Å². The first-order chi connectivity index (χ1) is 5.72. The molecule has 0 aliphatic rings. The average molecular weight is 163 g/mol. The monoisotopic (exact) mass is 163 g/mol. The SMILES string of the molecule is [CH2]Cc1cccc(OC(C)=O)c1. The van der Waals surface area contributed by atoms with Crippen molar-refractivity contribution in [2.24, 2.45) is 0 Å². The Labute approximate surface area is 72.2 Å². The molecular weight excluding hydrogens is 152 g/mol. The van der Waals surface area contributed by atoms with Gasteiger partial charge >= 0.3 is 5.97 Å². The highest BCUT2D eigenvalue weighted by molar-refractivity contribution is 5.69. The van der Waals surface area contributed by atoms with Crippen LogP contribution in [-0.2, 0) is 11.2 Å². The standard InChI is InChI=1S/C10H11O2/c1-3-9-5-4-6-10(7-9)12-8(2)11/h4-7H,1,3H2,2H3. The van der Waals surface area contributed by atoms with Crippen LogP contribution in [0.5, 0.6) is 5.75 Å². The molecule has 0 fully saturated rings. The minimum atomic E-state index is -0.295. The van der Waals surface area contributed by atoms with E-state index >= 15 is 0 Å². The fourth-order valence-corrected chi connectivity index (χ4v) is 0.930. The van der Waals surface area contributed by atoms with Gasteiger partial charge in [-0.2, -0.15) is 0 Å². The average Bonchev–Trinajstić information content (AvgIpc) is 2.03. The third-order valence-corrected chi connectivity index (χ3v) is 1.45. The van der Waals surface area contributed by atoms with Crippen molar-refractivity contribution < 1.29 is 9.53 Å². The molecule has 0 spiro atoms. The van der Waals surface area contributed by atoms with E-state index < -0.39 is 0 Å². The first kappa shape index (κ1) is 8.78. The second-order valence-electron chi connectivity index (χ2n) is 2.49. The molecule has 2 heteroatoms. The number of ether oxygens (including phenoxy) is 1. The minimum Gasteiger partial charge on any atom is -0.427 e. The molecule has 2 nitrogen and oxygen atoms in total. The highest BCUT2D eigenvalue weighted by Gasteiger charge is 1.97. The molecule has 0 saturated heterocycles. The molecule has 0 amide bonds. The van der Waals surface area contributed by atoms with Gasteiger partial charge in [0.05, 0.1) is 0 Å². The normalized spacial score (nSPS) is 9.50. The molecule has 0 N–H and O–H groups in total. The zero-order chi connectivity index (χ0) is 8.97. The van der Waals surface area contributed by atoms with E-state index in [1.54, 1.807) is 6.07 Å². The van der Waals surface area contributed by atoms with Crippen molar-refractivity contribution in [2.45, 2.75) is 13.3 Å². The van der Waals surface area contributed by atoms with Crippen molar-refractivity contribution in [1.82, 2.24) is 0 Å². The molecule has 1 rings (SSSR count). The summed E-state index contributed by atoms with van der Waals surface area (Å²) in [5.74, 6) is 0.292. The Morgan fingerprint density at radius 3 is 2.92 bits per heavy atom. The summed E-state index contributed by atoms with van der Waals surface area (Å²) in [6.07, 6.45) is 0.703. The van der Waals surface area contributed by atoms with Crippen LogP contribution < -0.4 is 4.74 Å². The van der Waals surface area contributed by atoms with Gasteiger partial charge in [-0.25, -0.2) is 0 Å². The van der Waals surface area contributed by atoms with Crippen molar-refractivity contribution >= 4 is 5.97 Å². The van der Waals surface area contributed by atoms with Gasteiger partial charge in [0, 0.05) is 6.92 Å². The molecule has 63 valence electrons. The van der Waals surface area contributed by atoms with Gasteiger partial charge in [0.2, 0.25) is 0 Å². The van der Waals surface area contributed by atoms with E-state index in [0.717, 1.165) is 5.56 Å². The van der Waals surface area contributed by atoms with Crippen molar-refractivity contribution in [2.75, 3.05) is 0 Å². The van der Waals surface area contributed by atoms with Crippen molar-refractivity contribution in [3.05, 3.63) is 36.8 Å². The summed E-state index contributed by atoms with van der Waals surface area (Å²) in [6, 6.07) is 7.35. The molecule has 0 bridgehead atoms. The number of benzene rings is 1. The highest BCUT2D eigenvalue weighted by atomic mass is 16.5. The number of carbonyl (C=O) groups is 1. The highest BCUT2D eigenvalue weighted by Crippen LogP contribution is 2.13. The first-order valence-electron chi connectivity index (χ1n) is 3.79. The van der Waals surface area contributed by atoms with Crippen LogP contribution in [0.25, 0.3) is 0 Å². The number of esters is 1. The summed E-state index contributed by atoms with van der Waals surface area (Å²) in [5.41, 5.74) is 1.06. The van der Waals surface area contributed by atoms with Gasteiger partial charge in [-0.05, 0) is 31.0 Å². The molecule has 1 aromatic carbocycles. The fourth-order valence-electron chi connectivity index (χ4n) is 0.930. The molecule has 12 heavy (non-hydrogen) atoms. The van der Waals surface area contributed by atoms with Gasteiger partial charge in [0.15, 0.2) is 0 Å². The molecule has 0 aliphatic carbocycles. The number of hydrogen-bond donors (Lipinski definition) is 0. The Bertz CT molecular complexity index is 279. The van der Waals surface area contributed by atoms with Gasteiger partial charge in [-0.1, -0.05) is 12.1 Å². The van der Waals surface area contributed by atoms with Crippen LogP contribution in [0.1, 0.15) is 12.5 Å². The van der Waals surface area contributed by atoms with E-state index in [0.29, 0.717) is 12.2 Å². The third kappa shape index (κ3) is 2.38. The second kappa shape index (κ2) is 3.90. The van der Waals surface area contributed by atoms with E-state index in [2.05, 4.69) is 6.92 Å². The fraction of sp³-hybridized carbons (Fsp3) is 0.200. The van der Waals surface area contributed by atoms with Crippen LogP contribution in [0, 0.1) is 6.92 Å². The van der Waals surface area contributed by atoms with Crippen LogP contribution in [0.15, 0.2) is 24.3 Å². The van der Waals surface area contributed by atoms with Gasteiger partial charge in [-0.3, -0.25) is 4.79 Å². The molecule has 0 heterocycles. The van der Waals surface area contributed by atoms with Crippen LogP contribution in [0.3, 0.4) is 0 Å². The van der Waals surface area contributed by atoms with E-state index in [4.69, 9.17) is 4.74 Å². The maximum atomic E-state index is 10.6. The lowest BCUT2D eigenvalue weighted by Gasteiger charge is -2.01. The molecular formula is C10H11O2. The van der Waals surface area contributed by atoms with E-state index in [1.165, 1.54) is 6.92 Å². The van der Waals surface area contributed by atoms with Gasteiger partial charge in [0.25, 0.3) is 0 Å².